The zero-order valence-electron chi connectivity index (χ0n) is 36.6. The molecule has 9 nitrogen and oxygen atoms in total. The molecular formula is C24H3F51O9S3Yb. The van der Waals surface area contributed by atoms with Gasteiger partial charge in [0.05, 0.1) is 0 Å². The molecule has 0 saturated carbocycles. The van der Waals surface area contributed by atoms with Gasteiger partial charge in [0.1, 0.15) is 0 Å². The largest absolute Gasteiger partial charge is 0.460 e. The van der Waals surface area contributed by atoms with Gasteiger partial charge in [-0.1, -0.05) is 0 Å². The van der Waals surface area contributed by atoms with Gasteiger partial charge in [0.2, 0.25) is 0 Å². The van der Waals surface area contributed by atoms with Gasteiger partial charge in [-0.2, -0.15) is 249 Å². The van der Waals surface area contributed by atoms with E-state index in [1.165, 1.54) is 0 Å². The molecule has 0 amide bonds. The quantitative estimate of drug-likeness (QED) is 0.0750. The molecule has 0 aromatic rings. The number of alkyl halides is 51. The van der Waals surface area contributed by atoms with E-state index < -0.39 is 171 Å². The first-order valence-corrected chi connectivity index (χ1v) is 21.4. The molecule has 0 atom stereocenters. The Balaban J connectivity index is -0.000000598. The Morgan fingerprint density at radius 3 is 0.284 bits per heavy atom. The average molecular weight is 1670 g/mol. The van der Waals surface area contributed by atoms with Gasteiger partial charge in [-0.3, -0.25) is 13.7 Å². The predicted octanol–water partition coefficient (Wildman–Crippen LogP) is 14.5. The van der Waals surface area contributed by atoms with Gasteiger partial charge in [-0.25, -0.2) is 0 Å². The molecule has 0 fully saturated rings. The third kappa shape index (κ3) is 12.5. The second-order valence-corrected chi connectivity index (χ2v) is 19.2. The van der Waals surface area contributed by atoms with Crippen molar-refractivity contribution in [2.24, 2.45) is 0 Å². The topological polar surface area (TPSA) is 163 Å². The van der Waals surface area contributed by atoms with E-state index in [4.69, 9.17) is 13.7 Å². The van der Waals surface area contributed by atoms with Crippen molar-refractivity contribution in [3.63, 3.8) is 0 Å². The minimum atomic E-state index is -8.89. The molecular weight excluding hydrogens is 1670 g/mol. The van der Waals surface area contributed by atoms with Crippen LogP contribution >= 0.6 is 0 Å². The number of halogens is 51. The van der Waals surface area contributed by atoms with Crippen molar-refractivity contribution in [3.8, 4) is 0 Å². The van der Waals surface area contributed by atoms with Crippen LogP contribution in [0.3, 0.4) is 0 Å². The van der Waals surface area contributed by atoms with E-state index in [1.54, 1.807) is 0 Å². The van der Waals surface area contributed by atoms with Crippen LogP contribution in [-0.2, 0) is 30.4 Å². The Labute approximate surface area is 479 Å². The number of hydrogen-bond donors (Lipinski definition) is 3. The molecule has 0 aromatic heterocycles. The molecule has 88 heavy (non-hydrogen) atoms. The Hall–Kier alpha value is -2.32. The zero-order valence-corrected chi connectivity index (χ0v) is 40.7. The summed E-state index contributed by atoms with van der Waals surface area (Å²) in [6.45, 7) is 0. The molecule has 0 bridgehead atoms. The van der Waals surface area contributed by atoms with E-state index in [9.17, 15) is 249 Å². The first kappa shape index (κ1) is 92.1. The smallest absolute Gasteiger partial charge is 0.281 e. The summed E-state index contributed by atoms with van der Waals surface area (Å²) < 4.78 is 727. The van der Waals surface area contributed by atoms with Gasteiger partial charge in [0.25, 0.3) is 0 Å². The van der Waals surface area contributed by atoms with Crippen LogP contribution in [-0.4, -0.2) is 180 Å². The fourth-order valence-electron chi connectivity index (χ4n) is 3.93. The minimum absolute atomic E-state index is 0. The molecule has 64 heteroatoms. The van der Waals surface area contributed by atoms with E-state index in [0.29, 0.717) is 0 Å². The summed E-state index contributed by atoms with van der Waals surface area (Å²) in [5.41, 5.74) is 0. The second kappa shape index (κ2) is 23.3. The van der Waals surface area contributed by atoms with E-state index in [-0.39, 0.29) is 46.9 Å². The van der Waals surface area contributed by atoms with Crippen LogP contribution < -0.4 is 0 Å². The average Bonchev–Trinajstić information content (AvgIpc) is 3.23. The summed E-state index contributed by atoms with van der Waals surface area (Å²) in [5.74, 6) is -156. The summed E-state index contributed by atoms with van der Waals surface area (Å²) in [4.78, 5) is 0. The van der Waals surface area contributed by atoms with E-state index in [0.717, 1.165) is 0 Å². The molecule has 542 valence electrons. The molecule has 3 N–H and O–H groups in total. The maximum absolute atomic E-state index is 13.0. The van der Waals surface area contributed by atoms with Crippen LogP contribution in [0.2, 0.25) is 0 Å². The van der Waals surface area contributed by atoms with Crippen molar-refractivity contribution in [2.75, 3.05) is 0 Å². The Bertz CT molecular complexity index is 2500. The Morgan fingerprint density at radius 2 is 0.216 bits per heavy atom. The number of hydrogen-bond acceptors (Lipinski definition) is 6. The first-order chi connectivity index (χ1) is 36.0. The van der Waals surface area contributed by atoms with Crippen LogP contribution in [0.1, 0.15) is 0 Å². The van der Waals surface area contributed by atoms with Gasteiger partial charge < -0.3 is 0 Å². The van der Waals surface area contributed by atoms with E-state index in [2.05, 4.69) is 0 Å². The van der Waals surface area contributed by atoms with Crippen LogP contribution in [0.5, 0.6) is 0 Å². The molecule has 0 spiro atoms. The fraction of sp³-hybridized carbons (Fsp3) is 1.00. The minimum Gasteiger partial charge on any atom is -0.281 e. The third-order valence-electron chi connectivity index (χ3n) is 9.05. The molecule has 0 aliphatic heterocycles. The second-order valence-electron chi connectivity index (χ2n) is 14.8. The number of rotatable bonds is 21. The van der Waals surface area contributed by atoms with Crippen molar-refractivity contribution in [3.05, 3.63) is 0 Å². The van der Waals surface area contributed by atoms with E-state index >= 15 is 0 Å². The predicted molar refractivity (Wildman–Crippen MR) is 157 cm³/mol. The molecule has 0 saturated heterocycles. The van der Waals surface area contributed by atoms with E-state index in [1.807, 2.05) is 0 Å². The van der Waals surface area contributed by atoms with Gasteiger partial charge >= 0.3 is 171 Å². The molecule has 0 aromatic carbocycles. The van der Waals surface area contributed by atoms with Crippen LogP contribution in [0, 0.1) is 46.9 Å². The maximum Gasteiger partial charge on any atom is 0.460 e. The summed E-state index contributed by atoms with van der Waals surface area (Å²) in [6.07, 6.45) is -23.6. The SMILES string of the molecule is O=S(=O)(O)C(F)(F)C(F)(F)C(F)(F)C(F)(F)C(F)(F)C(F)(F)C(F)(F)C(F)(F)F.O=S(=O)(O)C(F)(F)C(F)(F)C(F)(F)C(F)(F)C(F)(F)C(F)(F)C(F)(F)C(F)(F)F.O=S(=O)(O)C(F)(F)C(F)(F)C(F)(F)C(F)(F)C(F)(F)C(F)(F)C(F)(F)C(F)(F)F.[Yb]. The molecule has 0 radical (unpaired) electrons. The maximum atomic E-state index is 13.0. The monoisotopic (exact) mass is 1670 g/mol. The van der Waals surface area contributed by atoms with Crippen LogP contribution in [0.4, 0.5) is 224 Å². The molecule has 0 heterocycles. The van der Waals surface area contributed by atoms with Gasteiger partial charge in [-0.05, 0) is 0 Å². The third-order valence-corrected chi connectivity index (χ3v) is 11.8. The van der Waals surface area contributed by atoms with Gasteiger partial charge in [-0.15, -0.1) is 0 Å². The van der Waals surface area contributed by atoms with Crippen molar-refractivity contribution in [2.45, 2.75) is 141 Å². The van der Waals surface area contributed by atoms with Crippen LogP contribution in [0.15, 0.2) is 0 Å². The van der Waals surface area contributed by atoms with Gasteiger partial charge in [0, 0.05) is 46.9 Å². The Kier molecular flexibility index (Phi) is 24.3. The van der Waals surface area contributed by atoms with Crippen molar-refractivity contribution in [1.29, 1.82) is 0 Å². The van der Waals surface area contributed by atoms with Crippen LogP contribution in [0.25, 0.3) is 0 Å². The standard InChI is InChI=1S/3C8HF17O3S.Yb/c3*9-1(10,3(13,14)5(17,18)7(21,22)23)2(11,12)4(15,16)6(19,20)8(24,25)29(26,27)28;/h3*(H,26,27,28);. The van der Waals surface area contributed by atoms with Crippen molar-refractivity contribution < 1.29 is 310 Å². The molecule has 0 rings (SSSR count). The first-order valence-electron chi connectivity index (χ1n) is 17.0. The Morgan fingerprint density at radius 1 is 0.148 bits per heavy atom. The van der Waals surface area contributed by atoms with Gasteiger partial charge in [0.15, 0.2) is 0 Å². The van der Waals surface area contributed by atoms with Crippen molar-refractivity contribution >= 4 is 30.4 Å². The fourth-order valence-corrected chi connectivity index (χ4v) is 5.29. The summed E-state index contributed by atoms with van der Waals surface area (Å²) in [6, 6.07) is 0. The molecule has 0 aliphatic rings. The summed E-state index contributed by atoms with van der Waals surface area (Å²) in [7, 11) is -23.7. The summed E-state index contributed by atoms with van der Waals surface area (Å²) in [5, 5.41) is -23.5. The molecule has 0 unspecified atom stereocenters. The normalized spacial score (nSPS) is 16.7. The summed E-state index contributed by atoms with van der Waals surface area (Å²) >= 11 is 0. The van der Waals surface area contributed by atoms with Crippen molar-refractivity contribution in [1.82, 2.24) is 0 Å². The molecule has 0 aliphatic carbocycles. The zero-order chi connectivity index (χ0) is 73.5.